The molecular weight excluding hydrogens is 953 g/mol. The van der Waals surface area contributed by atoms with E-state index in [0.29, 0.717) is 24.6 Å². The van der Waals surface area contributed by atoms with E-state index in [1.165, 1.54) is 62.4 Å². The van der Waals surface area contributed by atoms with E-state index in [1.807, 2.05) is 24.3 Å². The largest absolute Gasteiger partial charge is 0.460 e. The zero-order chi connectivity index (χ0) is 49.2. The molecule has 0 spiro atoms. The lowest BCUT2D eigenvalue weighted by Crippen LogP contribution is -2.50. The van der Waals surface area contributed by atoms with Gasteiger partial charge in [0.05, 0.1) is 12.1 Å². The molecule has 0 saturated carbocycles. The Morgan fingerprint density at radius 1 is 0.465 bits per heavy atom. The number of benzene rings is 4. The predicted molar refractivity (Wildman–Crippen MR) is 270 cm³/mol. The Morgan fingerprint density at radius 3 is 0.986 bits per heavy atom. The van der Waals surface area contributed by atoms with Crippen LogP contribution < -0.4 is 0 Å². The van der Waals surface area contributed by atoms with Crippen LogP contribution in [-0.2, 0) is 19.1 Å². The van der Waals surface area contributed by atoms with E-state index in [2.05, 4.69) is 29.6 Å². The molecule has 8 rings (SSSR count). The van der Waals surface area contributed by atoms with Gasteiger partial charge in [-0.05, 0) is 95.1 Å². The summed E-state index contributed by atoms with van der Waals surface area (Å²) >= 11 is 3.29. The highest BCUT2D eigenvalue weighted by Gasteiger charge is 2.30. The summed E-state index contributed by atoms with van der Waals surface area (Å²) in [5.74, 6) is -0.353. The number of nitrogens with zero attached hydrogens (tertiary/aromatic N) is 6. The number of hydrogen-bond donors (Lipinski definition) is 0. The summed E-state index contributed by atoms with van der Waals surface area (Å²) in [5, 5.41) is 0. The third-order valence-corrected chi connectivity index (χ3v) is 14.3. The van der Waals surface area contributed by atoms with E-state index < -0.39 is 0 Å². The molecule has 2 N–H and O–H groups in total. The number of aromatic nitrogens is 2. The highest BCUT2D eigenvalue weighted by Crippen LogP contribution is 2.32. The molecule has 0 amide bonds. The molecule has 2 unspecified atom stereocenters. The SMILES string of the molecule is CC(=O)OC(CSc1ccncc1)CN1CCN(C(c2ccc(F)cc2)c2ccc(F)cc2)CC1.CC(=O)OC(CSc1ccncc1)CN1CCN(C(c2ccc(F)cc2)c2ccc(F)cc2)CC1.O. The van der Waals surface area contributed by atoms with E-state index in [9.17, 15) is 27.2 Å². The Balaban J connectivity index is 0.000000229. The van der Waals surface area contributed by atoms with Crippen molar-refractivity contribution in [1.29, 1.82) is 0 Å². The standard InChI is InChI=1S/2C27H29F2N3O2S.H2O/c2*1-20(33)34-25(19-35-26-10-12-30-13-11-26)18-31-14-16-32(17-15-31)27(21-2-6-23(28)7-3-21)22-4-8-24(29)9-5-22;/h2*2-13,25,27H,14-19H2,1H3;1H2. The van der Waals surface area contributed by atoms with Crippen LogP contribution in [0.5, 0.6) is 0 Å². The van der Waals surface area contributed by atoms with Crippen LogP contribution in [0.1, 0.15) is 48.2 Å². The molecule has 11 nitrogen and oxygen atoms in total. The maximum absolute atomic E-state index is 13.6. The molecule has 0 bridgehead atoms. The van der Waals surface area contributed by atoms with E-state index in [4.69, 9.17) is 9.47 Å². The second-order valence-corrected chi connectivity index (χ2v) is 19.3. The normalized spacial score (nSPS) is 15.5. The van der Waals surface area contributed by atoms with Gasteiger partial charge in [-0.15, -0.1) is 23.5 Å². The molecular formula is C54H60F4N6O5S2. The van der Waals surface area contributed by atoms with Crippen LogP contribution in [-0.4, -0.2) is 136 Å². The van der Waals surface area contributed by atoms with Crippen LogP contribution in [0.15, 0.2) is 156 Å². The monoisotopic (exact) mass is 1010 g/mol. The van der Waals surface area contributed by atoms with Crippen molar-refractivity contribution in [2.75, 3.05) is 77.0 Å². The number of piperazine rings is 2. The van der Waals surface area contributed by atoms with Crippen molar-refractivity contribution in [2.24, 2.45) is 0 Å². The van der Waals surface area contributed by atoms with E-state index in [1.54, 1.807) is 96.8 Å². The first-order valence-corrected chi connectivity index (χ1v) is 25.3. The van der Waals surface area contributed by atoms with Crippen LogP contribution in [0.3, 0.4) is 0 Å². The fraction of sp³-hybridized carbons (Fsp3) is 0.333. The first kappa shape index (κ1) is 54.7. The lowest BCUT2D eigenvalue weighted by atomic mass is 9.96. The van der Waals surface area contributed by atoms with Gasteiger partial charge in [0, 0.05) is 125 Å². The minimum Gasteiger partial charge on any atom is -0.460 e. The van der Waals surface area contributed by atoms with Crippen LogP contribution >= 0.6 is 23.5 Å². The van der Waals surface area contributed by atoms with Gasteiger partial charge in [-0.25, -0.2) is 17.6 Å². The molecule has 17 heteroatoms. The third-order valence-electron chi connectivity index (χ3n) is 12.0. The van der Waals surface area contributed by atoms with Crippen molar-refractivity contribution >= 4 is 35.5 Å². The van der Waals surface area contributed by atoms with Crippen LogP contribution in [0, 0.1) is 23.3 Å². The van der Waals surface area contributed by atoms with Gasteiger partial charge in [-0.3, -0.25) is 39.2 Å². The molecule has 4 aromatic carbocycles. The highest BCUT2D eigenvalue weighted by molar-refractivity contribution is 7.99. The number of ether oxygens (including phenoxy) is 2. The molecule has 2 atom stereocenters. The van der Waals surface area contributed by atoms with Crippen molar-refractivity contribution in [3.8, 4) is 0 Å². The smallest absolute Gasteiger partial charge is 0.302 e. The fourth-order valence-electron chi connectivity index (χ4n) is 8.76. The van der Waals surface area contributed by atoms with Gasteiger partial charge in [-0.1, -0.05) is 48.5 Å². The lowest BCUT2D eigenvalue weighted by molar-refractivity contribution is -0.147. The number of carbonyl (C=O) groups is 2. The van der Waals surface area contributed by atoms with Gasteiger partial charge in [0.1, 0.15) is 35.5 Å². The number of thioether (sulfide) groups is 2. The highest BCUT2D eigenvalue weighted by atomic mass is 32.2. The Bertz CT molecular complexity index is 2240. The predicted octanol–water partition coefficient (Wildman–Crippen LogP) is 8.76. The molecule has 4 heterocycles. The van der Waals surface area contributed by atoms with Crippen molar-refractivity contribution in [2.45, 2.75) is 47.9 Å². The maximum Gasteiger partial charge on any atom is 0.302 e. The molecule has 376 valence electrons. The summed E-state index contributed by atoms with van der Waals surface area (Å²) in [4.78, 5) is 42.9. The summed E-state index contributed by atoms with van der Waals surface area (Å²) in [6.45, 7) is 10.5. The lowest BCUT2D eigenvalue weighted by Gasteiger charge is -2.40. The number of pyridine rings is 2. The number of carbonyl (C=O) groups excluding carboxylic acids is 2. The summed E-state index contributed by atoms with van der Waals surface area (Å²) in [6, 6.07) is 33.7. The van der Waals surface area contributed by atoms with E-state index in [-0.39, 0.29) is 65.0 Å². The second-order valence-electron chi connectivity index (χ2n) is 17.1. The zero-order valence-corrected chi connectivity index (χ0v) is 41.4. The molecule has 6 aromatic rings. The van der Waals surface area contributed by atoms with Crippen LogP contribution in [0.25, 0.3) is 0 Å². The average Bonchev–Trinajstić information content (AvgIpc) is 3.36. The first-order valence-electron chi connectivity index (χ1n) is 23.3. The minimum absolute atomic E-state index is 0. The van der Waals surface area contributed by atoms with Gasteiger partial charge in [0.15, 0.2) is 0 Å². The average molecular weight is 1010 g/mol. The van der Waals surface area contributed by atoms with Gasteiger partial charge < -0.3 is 14.9 Å². The van der Waals surface area contributed by atoms with Gasteiger partial charge in [0.2, 0.25) is 0 Å². The van der Waals surface area contributed by atoms with E-state index >= 15 is 0 Å². The summed E-state index contributed by atoms with van der Waals surface area (Å²) in [7, 11) is 0. The zero-order valence-electron chi connectivity index (χ0n) is 39.8. The molecule has 71 heavy (non-hydrogen) atoms. The quantitative estimate of drug-likeness (QED) is 0.0465. The topological polar surface area (TPSA) is 123 Å². The molecule has 2 aliphatic rings. The summed E-state index contributed by atoms with van der Waals surface area (Å²) < 4.78 is 65.5. The Labute approximate surface area is 421 Å². The number of rotatable bonds is 18. The molecule has 2 saturated heterocycles. The second kappa shape index (κ2) is 27.8. The maximum atomic E-state index is 13.6. The number of esters is 2. The Hall–Kier alpha value is -5.66. The Morgan fingerprint density at radius 2 is 0.732 bits per heavy atom. The molecule has 0 aliphatic carbocycles. The van der Waals surface area contributed by atoms with Crippen molar-refractivity contribution < 1.29 is 42.1 Å². The van der Waals surface area contributed by atoms with Crippen LogP contribution in [0.2, 0.25) is 0 Å². The summed E-state index contributed by atoms with van der Waals surface area (Å²) in [5.41, 5.74) is 3.88. The molecule has 2 fully saturated rings. The molecule has 2 aromatic heterocycles. The van der Waals surface area contributed by atoms with Crippen molar-refractivity contribution in [1.82, 2.24) is 29.6 Å². The Kier molecular flexibility index (Phi) is 21.4. The third kappa shape index (κ3) is 17.3. The summed E-state index contributed by atoms with van der Waals surface area (Å²) in [6.07, 6.45) is 6.56. The molecule has 2 aliphatic heterocycles. The number of hydrogen-bond acceptors (Lipinski definition) is 12. The number of halogens is 4. The van der Waals surface area contributed by atoms with E-state index in [0.717, 1.165) is 84.4 Å². The van der Waals surface area contributed by atoms with Crippen LogP contribution in [0.4, 0.5) is 17.6 Å². The van der Waals surface area contributed by atoms with Gasteiger partial charge in [0.25, 0.3) is 0 Å². The van der Waals surface area contributed by atoms with Gasteiger partial charge in [-0.2, -0.15) is 0 Å². The first-order chi connectivity index (χ1) is 33.9. The fourth-order valence-corrected chi connectivity index (χ4v) is 10.5. The minimum atomic E-state index is -0.281. The van der Waals surface area contributed by atoms with Crippen molar-refractivity contribution in [3.63, 3.8) is 0 Å². The molecule has 0 radical (unpaired) electrons. The van der Waals surface area contributed by atoms with Crippen molar-refractivity contribution in [3.05, 3.63) is 192 Å². The van der Waals surface area contributed by atoms with Gasteiger partial charge >= 0.3 is 11.9 Å².